The highest BCUT2D eigenvalue weighted by Gasteiger charge is 2.11. The molecule has 1 aromatic heterocycles. The van der Waals surface area contributed by atoms with E-state index in [1.165, 1.54) is 0 Å². The van der Waals surface area contributed by atoms with Gasteiger partial charge in [0.2, 0.25) is 0 Å². The Morgan fingerprint density at radius 3 is 3.00 bits per heavy atom. The largest absolute Gasteiger partial charge is 0.508 e. The molecule has 0 aliphatic heterocycles. The van der Waals surface area contributed by atoms with Gasteiger partial charge in [0.1, 0.15) is 11.5 Å². The number of hydrogen-bond donors (Lipinski definition) is 3. The van der Waals surface area contributed by atoms with Crippen LogP contribution in [0.5, 0.6) is 11.5 Å². The van der Waals surface area contributed by atoms with Gasteiger partial charge in [0.15, 0.2) is 0 Å². The molecule has 0 fully saturated rings. The summed E-state index contributed by atoms with van der Waals surface area (Å²) in [5.74, 6) is 0.999. The summed E-state index contributed by atoms with van der Waals surface area (Å²) in [5, 5.41) is 13.1. The normalized spacial score (nSPS) is 12.3. The number of hydrogen-bond acceptors (Lipinski definition) is 4. The fourth-order valence-corrected chi connectivity index (χ4v) is 1.76. The van der Waals surface area contributed by atoms with Crippen LogP contribution in [0, 0.1) is 0 Å². The van der Waals surface area contributed by atoms with Crippen LogP contribution < -0.4 is 10.1 Å². The van der Waals surface area contributed by atoms with Crippen molar-refractivity contribution in [2.45, 2.75) is 19.5 Å². The number of aromatic nitrogens is 2. The van der Waals surface area contributed by atoms with Crippen molar-refractivity contribution < 1.29 is 9.84 Å². The quantitative estimate of drug-likeness (QED) is 0.755. The van der Waals surface area contributed by atoms with Crippen molar-refractivity contribution in [2.24, 2.45) is 0 Å². The average molecular weight is 247 g/mol. The molecule has 2 rings (SSSR count). The number of ether oxygens (including phenoxy) is 1. The number of methoxy groups -OCH3 is 1. The van der Waals surface area contributed by atoms with E-state index in [2.05, 4.69) is 15.3 Å². The lowest BCUT2D eigenvalue weighted by Crippen LogP contribution is -2.18. The zero-order valence-electron chi connectivity index (χ0n) is 10.5. The summed E-state index contributed by atoms with van der Waals surface area (Å²) < 4.78 is 5.16. The second kappa shape index (κ2) is 5.55. The molecule has 0 saturated heterocycles. The maximum absolute atomic E-state index is 9.84. The van der Waals surface area contributed by atoms with Crippen LogP contribution in [-0.4, -0.2) is 22.2 Å². The van der Waals surface area contributed by atoms with Crippen LogP contribution in [0.4, 0.5) is 0 Å². The third-order valence-electron chi connectivity index (χ3n) is 2.85. The molecule has 5 nitrogen and oxygen atoms in total. The van der Waals surface area contributed by atoms with Crippen LogP contribution in [0.25, 0.3) is 0 Å². The summed E-state index contributed by atoms with van der Waals surface area (Å²) in [6.45, 7) is 2.66. The highest BCUT2D eigenvalue weighted by Crippen LogP contribution is 2.28. The van der Waals surface area contributed by atoms with Gasteiger partial charge in [-0.25, -0.2) is 4.98 Å². The van der Waals surface area contributed by atoms with E-state index in [4.69, 9.17) is 4.74 Å². The van der Waals surface area contributed by atoms with E-state index < -0.39 is 0 Å². The number of H-pyrrole nitrogens is 1. The zero-order chi connectivity index (χ0) is 13.0. The summed E-state index contributed by atoms with van der Waals surface area (Å²) in [7, 11) is 1.61. The molecular weight excluding hydrogens is 230 g/mol. The standard InChI is InChI=1S/C13H17N3O2/c1-9(15-7-10-6-14-8-16-10)12-5-11(18-2)3-4-13(12)17/h3-6,8-9,15,17H,7H2,1-2H3,(H,14,16). The number of nitrogens with one attached hydrogen (secondary N) is 2. The smallest absolute Gasteiger partial charge is 0.120 e. The summed E-state index contributed by atoms with van der Waals surface area (Å²) in [4.78, 5) is 6.97. The van der Waals surface area contributed by atoms with Crippen LogP contribution in [0.15, 0.2) is 30.7 Å². The second-order valence-electron chi connectivity index (χ2n) is 4.10. The highest BCUT2D eigenvalue weighted by atomic mass is 16.5. The van der Waals surface area contributed by atoms with Crippen LogP contribution in [0.1, 0.15) is 24.2 Å². The first kappa shape index (κ1) is 12.4. The third kappa shape index (κ3) is 2.81. The van der Waals surface area contributed by atoms with Crippen molar-refractivity contribution in [1.29, 1.82) is 0 Å². The Bertz CT molecular complexity index is 497. The molecule has 1 heterocycles. The lowest BCUT2D eigenvalue weighted by atomic mass is 10.1. The summed E-state index contributed by atoms with van der Waals surface area (Å²) in [5.41, 5.74) is 1.82. The van der Waals surface area contributed by atoms with E-state index in [1.807, 2.05) is 13.0 Å². The molecular formula is C13H17N3O2. The Kier molecular flexibility index (Phi) is 3.84. The molecule has 0 amide bonds. The molecule has 0 radical (unpaired) electrons. The van der Waals surface area contributed by atoms with Gasteiger partial charge in [-0.1, -0.05) is 0 Å². The van der Waals surface area contributed by atoms with Crippen LogP contribution in [0.3, 0.4) is 0 Å². The molecule has 2 aromatic rings. The molecule has 18 heavy (non-hydrogen) atoms. The number of benzene rings is 1. The number of phenolic OH excluding ortho intramolecular Hbond substituents is 1. The molecule has 1 aromatic carbocycles. The minimum absolute atomic E-state index is 0.0170. The molecule has 5 heteroatoms. The van der Waals surface area contributed by atoms with Gasteiger partial charge in [-0.15, -0.1) is 0 Å². The Hall–Kier alpha value is -2.01. The van der Waals surface area contributed by atoms with Crippen LogP contribution in [0.2, 0.25) is 0 Å². The van der Waals surface area contributed by atoms with Crippen molar-refractivity contribution in [3.05, 3.63) is 42.0 Å². The molecule has 1 atom stereocenters. The topological polar surface area (TPSA) is 70.2 Å². The summed E-state index contributed by atoms with van der Waals surface area (Å²) in [6.07, 6.45) is 3.41. The Morgan fingerprint density at radius 1 is 1.50 bits per heavy atom. The molecule has 3 N–H and O–H groups in total. The first-order valence-corrected chi connectivity index (χ1v) is 5.78. The van der Waals surface area contributed by atoms with Crippen molar-refractivity contribution >= 4 is 0 Å². The molecule has 0 bridgehead atoms. The molecule has 0 saturated carbocycles. The van der Waals surface area contributed by atoms with E-state index in [0.29, 0.717) is 6.54 Å². The third-order valence-corrected chi connectivity index (χ3v) is 2.85. The van der Waals surface area contributed by atoms with Gasteiger partial charge in [0, 0.05) is 30.0 Å². The lowest BCUT2D eigenvalue weighted by Gasteiger charge is -2.16. The highest BCUT2D eigenvalue weighted by molar-refractivity contribution is 5.41. The Balaban J connectivity index is 2.05. The monoisotopic (exact) mass is 247 g/mol. The maximum atomic E-state index is 9.84. The van der Waals surface area contributed by atoms with Gasteiger partial charge in [0.05, 0.1) is 13.4 Å². The van der Waals surface area contributed by atoms with Gasteiger partial charge in [-0.3, -0.25) is 0 Å². The van der Waals surface area contributed by atoms with Gasteiger partial charge < -0.3 is 20.1 Å². The fourth-order valence-electron chi connectivity index (χ4n) is 1.76. The van der Waals surface area contributed by atoms with Crippen molar-refractivity contribution in [1.82, 2.24) is 15.3 Å². The van der Waals surface area contributed by atoms with E-state index in [-0.39, 0.29) is 11.8 Å². The summed E-state index contributed by atoms with van der Waals surface area (Å²) >= 11 is 0. The van der Waals surface area contributed by atoms with Crippen LogP contribution >= 0.6 is 0 Å². The molecule has 1 unspecified atom stereocenters. The van der Waals surface area contributed by atoms with Gasteiger partial charge in [0.25, 0.3) is 0 Å². The predicted octanol–water partition coefficient (Wildman–Crippen LogP) is 1.97. The fraction of sp³-hybridized carbons (Fsp3) is 0.308. The number of aromatic amines is 1. The first-order valence-electron chi connectivity index (χ1n) is 5.78. The van der Waals surface area contributed by atoms with Crippen molar-refractivity contribution in [3.8, 4) is 11.5 Å². The van der Waals surface area contributed by atoms with Gasteiger partial charge in [-0.2, -0.15) is 0 Å². The van der Waals surface area contributed by atoms with E-state index in [0.717, 1.165) is 17.0 Å². The molecule has 0 aliphatic rings. The Morgan fingerprint density at radius 2 is 2.33 bits per heavy atom. The number of imidazole rings is 1. The molecule has 96 valence electrons. The van der Waals surface area contributed by atoms with E-state index in [1.54, 1.807) is 31.8 Å². The lowest BCUT2D eigenvalue weighted by molar-refractivity contribution is 0.407. The Labute approximate surface area is 106 Å². The molecule has 0 spiro atoms. The number of aromatic hydroxyl groups is 1. The number of phenols is 1. The first-order chi connectivity index (χ1) is 8.70. The van der Waals surface area contributed by atoms with Gasteiger partial charge >= 0.3 is 0 Å². The second-order valence-corrected chi connectivity index (χ2v) is 4.10. The SMILES string of the molecule is COc1ccc(O)c(C(C)NCc2cnc[nH]2)c1. The number of nitrogens with zero attached hydrogens (tertiary/aromatic N) is 1. The minimum atomic E-state index is 0.0170. The van der Waals surface area contributed by atoms with Crippen molar-refractivity contribution in [2.75, 3.05) is 7.11 Å². The van der Waals surface area contributed by atoms with E-state index in [9.17, 15) is 5.11 Å². The average Bonchev–Trinajstić information content (AvgIpc) is 2.89. The minimum Gasteiger partial charge on any atom is -0.508 e. The number of rotatable bonds is 5. The predicted molar refractivity (Wildman–Crippen MR) is 68.5 cm³/mol. The van der Waals surface area contributed by atoms with Crippen molar-refractivity contribution in [3.63, 3.8) is 0 Å². The van der Waals surface area contributed by atoms with Crippen LogP contribution in [-0.2, 0) is 6.54 Å². The van der Waals surface area contributed by atoms with E-state index >= 15 is 0 Å². The maximum Gasteiger partial charge on any atom is 0.120 e. The molecule has 0 aliphatic carbocycles. The summed E-state index contributed by atoms with van der Waals surface area (Å²) in [6, 6.07) is 5.23. The zero-order valence-corrected chi connectivity index (χ0v) is 10.5. The van der Waals surface area contributed by atoms with Gasteiger partial charge in [-0.05, 0) is 25.1 Å².